The SMILES string of the molecule is C[C@H](NC(=O)[C@H](Cc1c[nH]c2ccccc12)NC(=O)[C@H](CO)NC(=O)[C@@H](N)CO)C(=O)O. The van der Waals surface area contributed by atoms with Crippen LogP contribution in [0.25, 0.3) is 10.9 Å². The molecule has 4 atom stereocenters. The van der Waals surface area contributed by atoms with Gasteiger partial charge in [-0.3, -0.25) is 19.2 Å². The largest absolute Gasteiger partial charge is 0.480 e. The lowest BCUT2D eigenvalue weighted by atomic mass is 10.0. The van der Waals surface area contributed by atoms with E-state index in [4.69, 9.17) is 15.9 Å². The first-order valence-electron chi connectivity index (χ1n) is 9.84. The minimum atomic E-state index is -1.43. The smallest absolute Gasteiger partial charge is 0.325 e. The number of hydrogen-bond donors (Lipinski definition) is 8. The average molecular weight is 449 g/mol. The Labute approximate surface area is 183 Å². The standard InChI is InChI=1S/C20H27N5O7/c1-10(20(31)32)23-18(29)15(6-11-7-22-14-5-3-2-4-12(11)14)24-19(30)16(9-27)25-17(28)13(21)8-26/h2-5,7,10,13,15-16,22,26-27H,6,8-9,21H2,1H3,(H,23,29)(H,24,30)(H,25,28)(H,31,32)/t10-,13-,15-,16-/m0/s1. The Morgan fingerprint density at radius 2 is 1.59 bits per heavy atom. The van der Waals surface area contributed by atoms with Crippen molar-refractivity contribution in [1.29, 1.82) is 0 Å². The number of benzene rings is 1. The molecule has 0 radical (unpaired) electrons. The van der Waals surface area contributed by atoms with E-state index in [1.807, 2.05) is 24.3 Å². The number of aromatic amines is 1. The van der Waals surface area contributed by atoms with Crippen molar-refractivity contribution in [2.45, 2.75) is 37.5 Å². The zero-order chi connectivity index (χ0) is 23.8. The first-order chi connectivity index (χ1) is 15.2. The van der Waals surface area contributed by atoms with Gasteiger partial charge in [0, 0.05) is 23.5 Å². The van der Waals surface area contributed by atoms with E-state index in [9.17, 15) is 24.3 Å². The van der Waals surface area contributed by atoms with Gasteiger partial charge in [0.1, 0.15) is 24.2 Å². The van der Waals surface area contributed by atoms with E-state index in [1.165, 1.54) is 6.92 Å². The Morgan fingerprint density at radius 1 is 0.969 bits per heavy atom. The summed E-state index contributed by atoms with van der Waals surface area (Å²) in [7, 11) is 0. The van der Waals surface area contributed by atoms with Crippen LogP contribution >= 0.6 is 0 Å². The molecule has 0 unspecified atom stereocenters. The number of nitrogens with one attached hydrogen (secondary N) is 4. The number of aliphatic hydroxyl groups excluding tert-OH is 2. The monoisotopic (exact) mass is 449 g/mol. The molecule has 3 amide bonds. The van der Waals surface area contributed by atoms with Crippen molar-refractivity contribution in [2.75, 3.05) is 13.2 Å². The van der Waals surface area contributed by atoms with Crippen molar-refractivity contribution in [1.82, 2.24) is 20.9 Å². The van der Waals surface area contributed by atoms with Gasteiger partial charge < -0.3 is 42.0 Å². The van der Waals surface area contributed by atoms with Crippen molar-refractivity contribution in [3.05, 3.63) is 36.0 Å². The second-order valence-corrected chi connectivity index (χ2v) is 7.23. The van der Waals surface area contributed by atoms with Gasteiger partial charge in [-0.2, -0.15) is 0 Å². The van der Waals surface area contributed by atoms with Gasteiger partial charge in [-0.05, 0) is 18.6 Å². The van der Waals surface area contributed by atoms with Gasteiger partial charge in [0.05, 0.1) is 13.2 Å². The summed E-state index contributed by atoms with van der Waals surface area (Å²) in [5.74, 6) is -3.75. The molecule has 174 valence electrons. The van der Waals surface area contributed by atoms with Gasteiger partial charge in [-0.25, -0.2) is 0 Å². The molecule has 1 aromatic carbocycles. The molecule has 0 saturated carbocycles. The van der Waals surface area contributed by atoms with Crippen LogP contribution in [0.5, 0.6) is 0 Å². The number of carbonyl (C=O) groups is 4. The first-order valence-corrected chi connectivity index (χ1v) is 9.84. The summed E-state index contributed by atoms with van der Waals surface area (Å²) in [6.45, 7) is -0.176. The molecular formula is C20H27N5O7. The van der Waals surface area contributed by atoms with Crippen LogP contribution in [0.1, 0.15) is 12.5 Å². The molecule has 12 nitrogen and oxygen atoms in total. The van der Waals surface area contributed by atoms with Crippen LogP contribution in [0.4, 0.5) is 0 Å². The van der Waals surface area contributed by atoms with Gasteiger partial charge >= 0.3 is 5.97 Å². The predicted octanol–water partition coefficient (Wildman–Crippen LogP) is -2.42. The number of aliphatic hydroxyl groups is 2. The molecule has 32 heavy (non-hydrogen) atoms. The normalized spacial score (nSPS) is 14.8. The molecule has 0 aliphatic heterocycles. The molecule has 0 aliphatic carbocycles. The molecule has 1 aromatic heterocycles. The molecule has 2 aromatic rings. The number of para-hydroxylation sites is 1. The molecule has 0 fully saturated rings. The quantitative estimate of drug-likeness (QED) is 0.185. The van der Waals surface area contributed by atoms with E-state index in [0.717, 1.165) is 10.9 Å². The summed E-state index contributed by atoms with van der Waals surface area (Å²) in [5.41, 5.74) is 6.90. The third kappa shape index (κ3) is 6.26. The van der Waals surface area contributed by atoms with Gasteiger partial charge in [0.25, 0.3) is 0 Å². The fraction of sp³-hybridized carbons (Fsp3) is 0.400. The maximum Gasteiger partial charge on any atom is 0.325 e. The van der Waals surface area contributed by atoms with E-state index < -0.39 is 61.1 Å². The van der Waals surface area contributed by atoms with Crippen molar-refractivity contribution in [3.8, 4) is 0 Å². The van der Waals surface area contributed by atoms with E-state index in [-0.39, 0.29) is 6.42 Å². The van der Waals surface area contributed by atoms with Gasteiger partial charge in [0.15, 0.2) is 0 Å². The van der Waals surface area contributed by atoms with Crippen molar-refractivity contribution < 1.29 is 34.5 Å². The van der Waals surface area contributed by atoms with Crippen LogP contribution < -0.4 is 21.7 Å². The lowest BCUT2D eigenvalue weighted by Crippen LogP contribution is -2.58. The number of rotatable bonds is 11. The summed E-state index contributed by atoms with van der Waals surface area (Å²) < 4.78 is 0. The molecule has 2 rings (SSSR count). The van der Waals surface area contributed by atoms with Gasteiger partial charge in [0.2, 0.25) is 17.7 Å². The number of H-pyrrole nitrogens is 1. The second-order valence-electron chi connectivity index (χ2n) is 7.23. The maximum atomic E-state index is 12.7. The van der Waals surface area contributed by atoms with Crippen LogP contribution in [0, 0.1) is 0 Å². The van der Waals surface area contributed by atoms with Crippen molar-refractivity contribution >= 4 is 34.6 Å². The Balaban J connectivity index is 2.23. The number of carboxylic acids is 1. The molecule has 12 heteroatoms. The van der Waals surface area contributed by atoms with Crippen molar-refractivity contribution in [3.63, 3.8) is 0 Å². The summed E-state index contributed by atoms with van der Waals surface area (Å²) in [4.78, 5) is 51.4. The van der Waals surface area contributed by atoms with E-state index >= 15 is 0 Å². The Morgan fingerprint density at radius 3 is 2.22 bits per heavy atom. The van der Waals surface area contributed by atoms with Gasteiger partial charge in [-0.15, -0.1) is 0 Å². The lowest BCUT2D eigenvalue weighted by molar-refractivity contribution is -0.141. The highest BCUT2D eigenvalue weighted by molar-refractivity contribution is 5.94. The fourth-order valence-corrected chi connectivity index (χ4v) is 2.93. The number of nitrogens with two attached hydrogens (primary N) is 1. The lowest BCUT2D eigenvalue weighted by Gasteiger charge is -2.23. The molecule has 0 saturated heterocycles. The number of hydrogen-bond acceptors (Lipinski definition) is 7. The highest BCUT2D eigenvalue weighted by atomic mass is 16.4. The Bertz CT molecular complexity index is 976. The van der Waals surface area contributed by atoms with Crippen LogP contribution in [0.3, 0.4) is 0 Å². The number of carbonyl (C=O) groups excluding carboxylic acids is 3. The Hall–Kier alpha value is -3.48. The summed E-state index contributed by atoms with van der Waals surface area (Å²) >= 11 is 0. The minimum Gasteiger partial charge on any atom is -0.480 e. The third-order valence-electron chi connectivity index (χ3n) is 4.81. The summed E-state index contributed by atoms with van der Waals surface area (Å²) in [6.07, 6.45) is 1.68. The van der Waals surface area contributed by atoms with Crippen LogP contribution in [-0.4, -0.2) is 81.4 Å². The van der Waals surface area contributed by atoms with Crippen LogP contribution in [-0.2, 0) is 25.6 Å². The third-order valence-corrected chi connectivity index (χ3v) is 4.81. The molecule has 0 spiro atoms. The van der Waals surface area contributed by atoms with Crippen molar-refractivity contribution in [2.24, 2.45) is 5.73 Å². The summed E-state index contributed by atoms with van der Waals surface area (Å²) in [6, 6.07) is 2.15. The fourth-order valence-electron chi connectivity index (χ4n) is 2.93. The number of carboxylic acid groups (broad SMARTS) is 1. The highest BCUT2D eigenvalue weighted by Gasteiger charge is 2.29. The summed E-state index contributed by atoms with van der Waals surface area (Å²) in [5, 5.41) is 35.3. The molecule has 0 bridgehead atoms. The molecule has 9 N–H and O–H groups in total. The van der Waals surface area contributed by atoms with E-state index in [0.29, 0.717) is 5.56 Å². The molecular weight excluding hydrogens is 422 g/mol. The number of amides is 3. The minimum absolute atomic E-state index is 0.0101. The number of fused-ring (bicyclic) bond motifs is 1. The zero-order valence-electron chi connectivity index (χ0n) is 17.4. The van der Waals surface area contributed by atoms with E-state index in [1.54, 1.807) is 6.20 Å². The van der Waals surface area contributed by atoms with Crippen LogP contribution in [0.2, 0.25) is 0 Å². The number of aliphatic carboxylic acids is 1. The second kappa shape index (κ2) is 11.2. The maximum absolute atomic E-state index is 12.7. The molecule has 1 heterocycles. The highest BCUT2D eigenvalue weighted by Crippen LogP contribution is 2.19. The zero-order valence-corrected chi connectivity index (χ0v) is 17.4. The van der Waals surface area contributed by atoms with Gasteiger partial charge in [-0.1, -0.05) is 18.2 Å². The topological polar surface area (TPSA) is 207 Å². The first kappa shape index (κ1) is 24.8. The van der Waals surface area contributed by atoms with E-state index in [2.05, 4.69) is 20.9 Å². The average Bonchev–Trinajstić information content (AvgIpc) is 3.18. The van der Waals surface area contributed by atoms with Crippen LogP contribution in [0.15, 0.2) is 30.5 Å². The Kier molecular flexibility index (Phi) is 8.70. The predicted molar refractivity (Wildman–Crippen MR) is 113 cm³/mol. The molecule has 0 aliphatic rings. The number of aromatic nitrogens is 1.